The van der Waals surface area contributed by atoms with Gasteiger partial charge in [-0.2, -0.15) is 0 Å². The van der Waals surface area contributed by atoms with E-state index < -0.39 is 29.2 Å². The summed E-state index contributed by atoms with van der Waals surface area (Å²) in [4.78, 5) is 71.3. The van der Waals surface area contributed by atoms with E-state index in [4.69, 9.17) is 21.1 Å². The number of alkyl carbamates (subject to hydrolysis) is 1. The van der Waals surface area contributed by atoms with Crippen molar-refractivity contribution in [3.63, 3.8) is 0 Å². The Morgan fingerprint density at radius 3 is 2.43 bits per heavy atom. The molecule has 63 heavy (non-hydrogen) atoms. The number of carbonyl (C=O) groups is 4. The lowest BCUT2D eigenvalue weighted by Crippen LogP contribution is -2.64. The second kappa shape index (κ2) is 21.3. The summed E-state index contributed by atoms with van der Waals surface area (Å²) in [6, 6.07) is 18.6. The van der Waals surface area contributed by atoms with Gasteiger partial charge in [0.25, 0.3) is 5.91 Å². The van der Waals surface area contributed by atoms with E-state index in [2.05, 4.69) is 64.4 Å². The average Bonchev–Trinajstić information content (AvgIpc) is 3.74. The molecule has 1 aliphatic rings. The highest BCUT2D eigenvalue weighted by molar-refractivity contribution is 6.30. The minimum absolute atomic E-state index is 0.113. The first-order valence-electron chi connectivity index (χ1n) is 21.3. The summed E-state index contributed by atoms with van der Waals surface area (Å²) in [6.07, 6.45) is 6.32. The maximum Gasteiger partial charge on any atom is 0.408 e. The summed E-state index contributed by atoms with van der Waals surface area (Å²) in [5, 5.41) is 16.6. The van der Waals surface area contributed by atoms with E-state index in [1.165, 1.54) is 18.8 Å². The van der Waals surface area contributed by atoms with E-state index in [1.807, 2.05) is 42.6 Å². The number of pyridine rings is 1. The molecule has 0 spiro atoms. The number of nitrogens with zero attached hydrogens (tertiary/aromatic N) is 4. The third kappa shape index (κ3) is 12.7. The van der Waals surface area contributed by atoms with Gasteiger partial charge in [-0.1, -0.05) is 54.9 Å². The second-order valence-electron chi connectivity index (χ2n) is 16.5. The number of aromatic nitrogens is 4. The van der Waals surface area contributed by atoms with Crippen molar-refractivity contribution in [1.82, 2.24) is 41.2 Å². The normalized spacial score (nSPS) is 14.2. The van der Waals surface area contributed by atoms with Crippen molar-refractivity contribution in [2.45, 2.75) is 77.5 Å². The lowest BCUT2D eigenvalue weighted by atomic mass is 9.85. The first-order valence-corrected chi connectivity index (χ1v) is 21.7. The largest absolute Gasteiger partial charge is 0.444 e. The van der Waals surface area contributed by atoms with Gasteiger partial charge in [-0.05, 0) is 94.0 Å². The number of anilines is 2. The Morgan fingerprint density at radius 2 is 1.70 bits per heavy atom. The first-order chi connectivity index (χ1) is 30.2. The fourth-order valence-corrected chi connectivity index (χ4v) is 7.56. The number of fused-ring (bicyclic) bond motifs is 1. The van der Waals surface area contributed by atoms with Crippen LogP contribution in [0.1, 0.15) is 81.5 Å². The number of H-pyrrole nitrogens is 1. The zero-order valence-electron chi connectivity index (χ0n) is 36.5. The fraction of sp³-hybridized carbons (Fsp3) is 0.413. The van der Waals surface area contributed by atoms with E-state index in [-0.39, 0.29) is 30.7 Å². The smallest absolute Gasteiger partial charge is 0.408 e. The number of benzene rings is 2. The van der Waals surface area contributed by atoms with E-state index in [1.54, 1.807) is 45.2 Å². The summed E-state index contributed by atoms with van der Waals surface area (Å²) < 4.78 is 11.4. The van der Waals surface area contributed by atoms with Crippen LogP contribution >= 0.6 is 11.6 Å². The van der Waals surface area contributed by atoms with Crippen molar-refractivity contribution in [1.29, 1.82) is 0 Å². The van der Waals surface area contributed by atoms with Gasteiger partial charge >= 0.3 is 6.09 Å². The number of carbonyl (C=O) groups excluding carboxylic acids is 4. The number of hydrogen-bond donors (Lipinski definition) is 6. The predicted molar refractivity (Wildman–Crippen MR) is 244 cm³/mol. The van der Waals surface area contributed by atoms with E-state index in [0.29, 0.717) is 62.8 Å². The zero-order chi connectivity index (χ0) is 45.0. The van der Waals surface area contributed by atoms with Crippen LogP contribution in [-0.4, -0.2) is 101 Å². The molecule has 3 aromatic heterocycles. The minimum Gasteiger partial charge on any atom is -0.444 e. The van der Waals surface area contributed by atoms with Gasteiger partial charge in [-0.3, -0.25) is 14.4 Å². The van der Waals surface area contributed by atoms with Gasteiger partial charge in [0.1, 0.15) is 28.9 Å². The highest BCUT2D eigenvalue weighted by atomic mass is 35.5. The summed E-state index contributed by atoms with van der Waals surface area (Å²) >= 11 is 6.24. The molecule has 16 nitrogen and oxygen atoms in total. The molecule has 0 bridgehead atoms. The number of halogens is 1. The third-order valence-electron chi connectivity index (χ3n) is 10.6. The van der Waals surface area contributed by atoms with Gasteiger partial charge in [0.15, 0.2) is 5.69 Å². The van der Waals surface area contributed by atoms with Crippen molar-refractivity contribution in [3.8, 4) is 11.1 Å². The summed E-state index contributed by atoms with van der Waals surface area (Å²) in [6.45, 7) is 11.6. The molecule has 17 heteroatoms. The van der Waals surface area contributed by atoms with Crippen LogP contribution in [0, 0.1) is 0 Å². The monoisotopic (exact) mass is 880 g/mol. The first kappa shape index (κ1) is 46.4. The molecule has 0 radical (unpaired) electrons. The number of nitrogens with one attached hydrogen (secondary N) is 6. The lowest BCUT2D eigenvalue weighted by Gasteiger charge is -2.42. The molecule has 0 saturated carbocycles. The molecule has 6 rings (SSSR count). The topological polar surface area (TPSA) is 205 Å². The number of aryl methyl sites for hydroxylation is 1. The standard InChI is InChI=1S/C46H57ClN10O6/c1-6-31-8-7-9-33(26-31)34-27-38(54-30(2)58)39(51-28-34)42(59)50-21-25-62-24-20-48-18-15-37(32-10-12-35(47)13-11-32)55-43(60)46(56-44(61)63-45(3,4)5)16-22-57(23-17-46)41-36-14-19-49-40(36)52-29-53-41/h7-14,19,26-29,37,48H,6,15-18,20-25H2,1-5H3,(H,50,59)(H,54,58)(H,55,60)(H,56,61)(H,49,52,53)/t37-/m0/s1. The van der Waals surface area contributed by atoms with Crippen molar-refractivity contribution in [3.05, 3.63) is 101 Å². The van der Waals surface area contributed by atoms with Crippen LogP contribution in [0.4, 0.5) is 16.3 Å². The molecule has 334 valence electrons. The van der Waals surface area contributed by atoms with Crippen LogP contribution in [-0.2, 0) is 25.5 Å². The number of aromatic amines is 1. The van der Waals surface area contributed by atoms with Crippen LogP contribution in [0.5, 0.6) is 0 Å². The Labute approximate surface area is 372 Å². The average molecular weight is 881 g/mol. The molecule has 5 aromatic rings. The molecule has 0 unspecified atom stereocenters. The van der Waals surface area contributed by atoms with Gasteiger partial charge < -0.3 is 45.9 Å². The summed E-state index contributed by atoms with van der Waals surface area (Å²) in [7, 11) is 0. The van der Waals surface area contributed by atoms with Crippen LogP contribution in [0.3, 0.4) is 0 Å². The van der Waals surface area contributed by atoms with Gasteiger partial charge in [0, 0.05) is 56.1 Å². The molecule has 1 fully saturated rings. The molecular weight excluding hydrogens is 824 g/mol. The van der Waals surface area contributed by atoms with Crippen molar-refractivity contribution in [2.75, 3.05) is 56.2 Å². The highest BCUT2D eigenvalue weighted by Crippen LogP contribution is 2.31. The van der Waals surface area contributed by atoms with Crippen LogP contribution in [0.15, 0.2) is 79.4 Å². The maximum atomic E-state index is 14.5. The number of ether oxygens (including phenoxy) is 2. The molecule has 6 N–H and O–H groups in total. The number of piperidine rings is 1. The summed E-state index contributed by atoms with van der Waals surface area (Å²) in [5.41, 5.74) is 2.91. The molecule has 4 amide bonds. The predicted octanol–water partition coefficient (Wildman–Crippen LogP) is 6.34. The van der Waals surface area contributed by atoms with Gasteiger partial charge in [0.05, 0.1) is 30.3 Å². The third-order valence-corrected chi connectivity index (χ3v) is 10.9. The Bertz CT molecular complexity index is 2360. The molecule has 2 aromatic carbocycles. The van der Waals surface area contributed by atoms with E-state index in [0.717, 1.165) is 40.0 Å². The highest BCUT2D eigenvalue weighted by Gasteiger charge is 2.45. The Balaban J connectivity index is 1.01. The lowest BCUT2D eigenvalue weighted by molar-refractivity contribution is -0.129. The fourth-order valence-electron chi connectivity index (χ4n) is 7.43. The second-order valence-corrected chi connectivity index (χ2v) is 16.9. The number of hydrogen-bond acceptors (Lipinski definition) is 11. The van der Waals surface area contributed by atoms with Crippen LogP contribution in [0.25, 0.3) is 22.2 Å². The molecule has 0 aliphatic carbocycles. The number of rotatable bonds is 18. The molecule has 1 atom stereocenters. The molecular formula is C46H57ClN10O6. The van der Waals surface area contributed by atoms with Crippen LogP contribution in [0.2, 0.25) is 5.02 Å². The molecule has 1 aliphatic heterocycles. The maximum absolute atomic E-state index is 14.5. The molecule has 1 saturated heterocycles. The van der Waals surface area contributed by atoms with Crippen LogP contribution < -0.4 is 31.5 Å². The molecule has 4 heterocycles. The van der Waals surface area contributed by atoms with Gasteiger partial charge in [0.2, 0.25) is 11.8 Å². The Hall–Kier alpha value is -6.10. The van der Waals surface area contributed by atoms with Gasteiger partial charge in [-0.25, -0.2) is 19.7 Å². The summed E-state index contributed by atoms with van der Waals surface area (Å²) in [5.74, 6) is -0.291. The zero-order valence-corrected chi connectivity index (χ0v) is 37.2. The minimum atomic E-state index is -1.25. The van der Waals surface area contributed by atoms with Gasteiger partial charge in [-0.15, -0.1) is 0 Å². The van der Waals surface area contributed by atoms with Crippen molar-refractivity contribution in [2.24, 2.45) is 0 Å². The van der Waals surface area contributed by atoms with Crippen molar-refractivity contribution >= 4 is 58.0 Å². The quantitative estimate of drug-likeness (QED) is 0.0536. The number of amides is 4. The van der Waals surface area contributed by atoms with E-state index >= 15 is 0 Å². The Kier molecular flexibility index (Phi) is 15.7. The SMILES string of the molecule is CCc1cccc(-c2cnc(C(=O)NCCOCCNCC[C@H](NC(=O)C3(NC(=O)OC(C)(C)C)CCN(c4ncnc5[nH]ccc45)CC3)c3ccc(Cl)cc3)c(NC(C)=O)c2)c1. The van der Waals surface area contributed by atoms with E-state index in [9.17, 15) is 19.2 Å². The Morgan fingerprint density at radius 1 is 0.937 bits per heavy atom. The van der Waals surface area contributed by atoms with Crippen molar-refractivity contribution < 1.29 is 28.7 Å².